The third-order valence-electron chi connectivity index (χ3n) is 2.52. The summed E-state index contributed by atoms with van der Waals surface area (Å²) in [6, 6.07) is 0. The van der Waals surface area contributed by atoms with Crippen molar-refractivity contribution < 1.29 is 0 Å². The van der Waals surface area contributed by atoms with Gasteiger partial charge in [-0.3, -0.25) is 0 Å². The molecule has 0 amide bonds. The first-order chi connectivity index (χ1) is 4.67. The fraction of sp³-hybridized carbons (Fsp3) is 0.778. The molecule has 1 nitrogen and oxygen atoms in total. The Labute approximate surface area is 63.0 Å². The highest BCUT2D eigenvalue weighted by molar-refractivity contribution is 5.01. The monoisotopic (exact) mass is 137 g/mol. The molecule has 0 heterocycles. The zero-order valence-corrected chi connectivity index (χ0v) is 6.56. The molecule has 1 unspecified atom stereocenters. The van der Waals surface area contributed by atoms with Gasteiger partial charge in [0.2, 0.25) is 0 Å². The Hall–Kier alpha value is -0.480. The molecule has 0 spiro atoms. The Balaban J connectivity index is 2.42. The molecule has 0 aromatic heterocycles. The summed E-state index contributed by atoms with van der Waals surface area (Å²) in [6.45, 7) is 2.07. The Bertz CT molecular complexity index is 149. The van der Waals surface area contributed by atoms with Gasteiger partial charge in [-0.15, -0.1) is 12.3 Å². The predicted molar refractivity (Wildman–Crippen MR) is 43.4 cm³/mol. The van der Waals surface area contributed by atoms with Crippen LogP contribution < -0.4 is 5.73 Å². The van der Waals surface area contributed by atoms with E-state index in [2.05, 4.69) is 12.8 Å². The number of hydrogen-bond acceptors (Lipinski definition) is 1. The lowest BCUT2D eigenvalue weighted by molar-refractivity contribution is 0.186. The fourth-order valence-electron chi connectivity index (χ4n) is 1.43. The molecule has 2 N–H and O–H groups in total. The lowest BCUT2D eigenvalue weighted by Crippen LogP contribution is -2.46. The molecule has 0 radical (unpaired) electrons. The zero-order chi connectivity index (χ0) is 7.61. The van der Waals surface area contributed by atoms with Crippen molar-refractivity contribution in [3.05, 3.63) is 0 Å². The number of hydrogen-bond donors (Lipinski definition) is 1. The molecule has 1 rings (SSSR count). The second-order valence-corrected chi connectivity index (χ2v) is 3.51. The Morgan fingerprint density at radius 1 is 1.70 bits per heavy atom. The van der Waals surface area contributed by atoms with Crippen LogP contribution in [0.25, 0.3) is 0 Å². The summed E-state index contributed by atoms with van der Waals surface area (Å²) >= 11 is 0. The summed E-state index contributed by atoms with van der Waals surface area (Å²) in [7, 11) is 0. The molecular formula is C9H15N. The van der Waals surface area contributed by atoms with Crippen molar-refractivity contribution in [3.63, 3.8) is 0 Å². The molecule has 0 aromatic carbocycles. The minimum absolute atomic E-state index is 0.0903. The van der Waals surface area contributed by atoms with E-state index in [0.29, 0.717) is 5.92 Å². The third kappa shape index (κ3) is 1.33. The van der Waals surface area contributed by atoms with Crippen molar-refractivity contribution in [2.45, 2.75) is 38.1 Å². The van der Waals surface area contributed by atoms with Gasteiger partial charge in [-0.1, -0.05) is 6.42 Å². The van der Waals surface area contributed by atoms with E-state index in [1.165, 1.54) is 19.3 Å². The van der Waals surface area contributed by atoms with Crippen LogP contribution >= 0.6 is 0 Å². The maximum absolute atomic E-state index is 5.99. The zero-order valence-electron chi connectivity index (χ0n) is 6.56. The van der Waals surface area contributed by atoms with E-state index in [-0.39, 0.29) is 5.54 Å². The van der Waals surface area contributed by atoms with Gasteiger partial charge in [-0.05, 0) is 25.7 Å². The predicted octanol–water partition coefficient (Wildman–Crippen LogP) is 1.53. The maximum Gasteiger partial charge on any atom is 0.0267 e. The molecule has 1 aliphatic carbocycles. The van der Waals surface area contributed by atoms with Gasteiger partial charge in [0, 0.05) is 12.0 Å². The largest absolute Gasteiger partial charge is 0.324 e. The van der Waals surface area contributed by atoms with Gasteiger partial charge < -0.3 is 5.73 Å². The maximum atomic E-state index is 5.99. The van der Waals surface area contributed by atoms with Crippen molar-refractivity contribution in [2.24, 2.45) is 11.7 Å². The van der Waals surface area contributed by atoms with Gasteiger partial charge >= 0.3 is 0 Å². The van der Waals surface area contributed by atoms with E-state index < -0.39 is 0 Å². The van der Waals surface area contributed by atoms with E-state index in [1.807, 2.05) is 0 Å². The summed E-state index contributed by atoms with van der Waals surface area (Å²) in [6.07, 6.45) is 9.80. The van der Waals surface area contributed by atoms with Crippen molar-refractivity contribution in [3.8, 4) is 12.3 Å². The smallest absolute Gasteiger partial charge is 0.0267 e. The van der Waals surface area contributed by atoms with Crippen LogP contribution in [-0.2, 0) is 0 Å². The SMILES string of the molecule is C#CCC(C)(N)C1CCC1. The average molecular weight is 137 g/mol. The lowest BCUT2D eigenvalue weighted by Gasteiger charge is -2.39. The molecule has 56 valence electrons. The first-order valence-electron chi connectivity index (χ1n) is 3.89. The summed E-state index contributed by atoms with van der Waals surface area (Å²) in [5.41, 5.74) is 5.90. The Morgan fingerprint density at radius 3 is 2.60 bits per heavy atom. The normalized spacial score (nSPS) is 24.5. The molecule has 1 fully saturated rings. The summed E-state index contributed by atoms with van der Waals surface area (Å²) in [4.78, 5) is 0. The summed E-state index contributed by atoms with van der Waals surface area (Å²) in [5.74, 6) is 3.32. The number of rotatable bonds is 2. The minimum Gasteiger partial charge on any atom is -0.324 e. The summed E-state index contributed by atoms with van der Waals surface area (Å²) < 4.78 is 0. The van der Waals surface area contributed by atoms with Crippen LogP contribution in [0.4, 0.5) is 0 Å². The highest BCUT2D eigenvalue weighted by Crippen LogP contribution is 2.35. The van der Waals surface area contributed by atoms with E-state index in [9.17, 15) is 0 Å². The minimum atomic E-state index is -0.0903. The molecule has 1 atom stereocenters. The Kier molecular flexibility index (Phi) is 2.01. The van der Waals surface area contributed by atoms with E-state index in [1.54, 1.807) is 0 Å². The average Bonchev–Trinajstić information content (AvgIpc) is 1.56. The molecule has 0 saturated heterocycles. The van der Waals surface area contributed by atoms with Crippen molar-refractivity contribution in [1.29, 1.82) is 0 Å². The van der Waals surface area contributed by atoms with Gasteiger partial charge in [0.15, 0.2) is 0 Å². The van der Waals surface area contributed by atoms with Gasteiger partial charge in [-0.25, -0.2) is 0 Å². The van der Waals surface area contributed by atoms with Gasteiger partial charge in [0.05, 0.1) is 0 Å². The molecule has 0 bridgehead atoms. The quantitative estimate of drug-likeness (QED) is 0.574. The second-order valence-electron chi connectivity index (χ2n) is 3.51. The number of nitrogens with two attached hydrogens (primary N) is 1. The standard InChI is InChI=1S/C9H15N/c1-3-7-9(2,10)8-5-4-6-8/h1,8H,4-7,10H2,2H3. The van der Waals surface area contributed by atoms with Crippen LogP contribution in [0.2, 0.25) is 0 Å². The van der Waals surface area contributed by atoms with Crippen LogP contribution in [0.5, 0.6) is 0 Å². The van der Waals surface area contributed by atoms with Crippen LogP contribution in [-0.4, -0.2) is 5.54 Å². The molecule has 10 heavy (non-hydrogen) atoms. The molecule has 0 aliphatic heterocycles. The van der Waals surface area contributed by atoms with E-state index in [0.717, 1.165) is 6.42 Å². The second kappa shape index (κ2) is 2.64. The first-order valence-corrected chi connectivity index (χ1v) is 3.89. The molecular weight excluding hydrogens is 122 g/mol. The van der Waals surface area contributed by atoms with Crippen LogP contribution in [0.1, 0.15) is 32.6 Å². The van der Waals surface area contributed by atoms with Crippen molar-refractivity contribution >= 4 is 0 Å². The van der Waals surface area contributed by atoms with Gasteiger partial charge in [0.1, 0.15) is 0 Å². The topological polar surface area (TPSA) is 26.0 Å². The molecule has 1 aliphatic rings. The molecule has 1 saturated carbocycles. The number of terminal acetylenes is 1. The van der Waals surface area contributed by atoms with E-state index in [4.69, 9.17) is 12.2 Å². The third-order valence-corrected chi connectivity index (χ3v) is 2.52. The van der Waals surface area contributed by atoms with Crippen LogP contribution in [0, 0.1) is 18.3 Å². The van der Waals surface area contributed by atoms with Crippen LogP contribution in [0.3, 0.4) is 0 Å². The summed E-state index contributed by atoms with van der Waals surface area (Å²) in [5, 5.41) is 0. The molecule has 1 heteroatoms. The van der Waals surface area contributed by atoms with Crippen molar-refractivity contribution in [1.82, 2.24) is 0 Å². The van der Waals surface area contributed by atoms with Gasteiger partial charge in [-0.2, -0.15) is 0 Å². The van der Waals surface area contributed by atoms with E-state index >= 15 is 0 Å². The highest BCUT2D eigenvalue weighted by Gasteiger charge is 2.33. The fourth-order valence-corrected chi connectivity index (χ4v) is 1.43. The van der Waals surface area contributed by atoms with Gasteiger partial charge in [0.25, 0.3) is 0 Å². The molecule has 0 aromatic rings. The Morgan fingerprint density at radius 2 is 2.30 bits per heavy atom. The lowest BCUT2D eigenvalue weighted by atomic mass is 9.71. The first kappa shape index (κ1) is 7.63. The van der Waals surface area contributed by atoms with Crippen LogP contribution in [0.15, 0.2) is 0 Å². The van der Waals surface area contributed by atoms with Crippen molar-refractivity contribution in [2.75, 3.05) is 0 Å². The highest BCUT2D eigenvalue weighted by atomic mass is 14.7.